The van der Waals surface area contributed by atoms with E-state index in [1.807, 2.05) is 0 Å². The molecule has 0 aliphatic heterocycles. The van der Waals surface area contributed by atoms with Gasteiger partial charge in [-0.15, -0.1) is 0 Å². The highest BCUT2D eigenvalue weighted by atomic mass is 16.5. The van der Waals surface area contributed by atoms with Gasteiger partial charge in [0.25, 0.3) is 0 Å². The Labute approximate surface area is 109 Å². The fourth-order valence-corrected chi connectivity index (χ4v) is 2.30. The number of hydrogen-bond acceptors (Lipinski definition) is 4. The maximum absolute atomic E-state index is 5.46. The van der Waals surface area contributed by atoms with Gasteiger partial charge in [0, 0.05) is 31.0 Å². The molecule has 4 nitrogen and oxygen atoms in total. The second-order valence-corrected chi connectivity index (χ2v) is 4.75. The van der Waals surface area contributed by atoms with Gasteiger partial charge in [0.15, 0.2) is 0 Å². The maximum Gasteiger partial charge on any atom is 0.132 e. The first kappa shape index (κ1) is 13.3. The van der Waals surface area contributed by atoms with Crippen LogP contribution >= 0.6 is 0 Å². The van der Waals surface area contributed by atoms with E-state index in [1.54, 1.807) is 6.33 Å². The molecule has 1 aliphatic carbocycles. The van der Waals surface area contributed by atoms with E-state index in [0.717, 1.165) is 51.3 Å². The van der Waals surface area contributed by atoms with Gasteiger partial charge in [-0.3, -0.25) is 0 Å². The molecule has 0 fully saturated rings. The van der Waals surface area contributed by atoms with E-state index in [-0.39, 0.29) is 0 Å². The number of anilines is 1. The van der Waals surface area contributed by atoms with Crippen molar-refractivity contribution in [2.45, 2.75) is 45.4 Å². The average molecular weight is 249 g/mol. The van der Waals surface area contributed by atoms with Gasteiger partial charge in [-0.05, 0) is 38.5 Å². The Morgan fingerprint density at radius 3 is 3.00 bits per heavy atom. The van der Waals surface area contributed by atoms with Crippen LogP contribution in [0.3, 0.4) is 0 Å². The van der Waals surface area contributed by atoms with Crippen molar-refractivity contribution >= 4 is 5.82 Å². The lowest BCUT2D eigenvalue weighted by molar-refractivity contribution is 0.134. The topological polar surface area (TPSA) is 47.0 Å². The van der Waals surface area contributed by atoms with E-state index in [4.69, 9.17) is 4.74 Å². The van der Waals surface area contributed by atoms with Crippen LogP contribution in [0.4, 0.5) is 5.82 Å². The molecule has 100 valence electrons. The fraction of sp³-hybridized carbons (Fsp3) is 0.714. The minimum Gasteiger partial charge on any atom is -0.381 e. The van der Waals surface area contributed by atoms with Crippen LogP contribution in [-0.2, 0) is 17.6 Å². The Morgan fingerprint density at radius 1 is 1.22 bits per heavy atom. The van der Waals surface area contributed by atoms with Crippen molar-refractivity contribution in [2.75, 3.05) is 25.1 Å². The third kappa shape index (κ3) is 3.67. The number of nitrogens with one attached hydrogen (secondary N) is 1. The number of aryl methyl sites for hydroxylation is 1. The smallest absolute Gasteiger partial charge is 0.132 e. The van der Waals surface area contributed by atoms with Gasteiger partial charge in [0.05, 0.1) is 0 Å². The summed E-state index contributed by atoms with van der Waals surface area (Å²) >= 11 is 0. The predicted octanol–water partition coefficient (Wildman–Crippen LogP) is 2.58. The van der Waals surface area contributed by atoms with Crippen LogP contribution in [0.2, 0.25) is 0 Å². The van der Waals surface area contributed by atoms with Crippen molar-refractivity contribution < 1.29 is 4.74 Å². The van der Waals surface area contributed by atoms with E-state index >= 15 is 0 Å². The fourth-order valence-electron chi connectivity index (χ4n) is 2.30. The van der Waals surface area contributed by atoms with E-state index in [9.17, 15) is 0 Å². The molecule has 1 aliphatic rings. The summed E-state index contributed by atoms with van der Waals surface area (Å²) < 4.78 is 5.46. The van der Waals surface area contributed by atoms with E-state index in [2.05, 4.69) is 22.2 Å². The Hall–Kier alpha value is -1.16. The molecule has 0 saturated heterocycles. The number of fused-ring (bicyclic) bond motifs is 1. The number of rotatable bonds is 7. The summed E-state index contributed by atoms with van der Waals surface area (Å²) in [7, 11) is 0. The summed E-state index contributed by atoms with van der Waals surface area (Å²) in [5.41, 5.74) is 2.57. The highest BCUT2D eigenvalue weighted by Gasteiger charge is 2.14. The molecule has 4 heteroatoms. The van der Waals surface area contributed by atoms with Crippen molar-refractivity contribution in [1.29, 1.82) is 0 Å². The second kappa shape index (κ2) is 7.31. The molecule has 0 bridgehead atoms. The summed E-state index contributed by atoms with van der Waals surface area (Å²) in [4.78, 5) is 8.74. The van der Waals surface area contributed by atoms with E-state index in [0.29, 0.717) is 0 Å². The first-order valence-electron chi connectivity index (χ1n) is 7.06. The molecule has 0 amide bonds. The quantitative estimate of drug-likeness (QED) is 0.754. The van der Waals surface area contributed by atoms with Crippen LogP contribution in [-0.4, -0.2) is 29.7 Å². The molecule has 0 unspecified atom stereocenters. The van der Waals surface area contributed by atoms with Crippen LogP contribution in [0.15, 0.2) is 6.33 Å². The van der Waals surface area contributed by atoms with Gasteiger partial charge in [-0.2, -0.15) is 0 Å². The molecule has 1 aromatic heterocycles. The molecule has 0 saturated carbocycles. The molecule has 0 atom stereocenters. The Morgan fingerprint density at radius 2 is 2.11 bits per heavy atom. The van der Waals surface area contributed by atoms with Crippen molar-refractivity contribution in [3.05, 3.63) is 17.6 Å². The van der Waals surface area contributed by atoms with Crippen molar-refractivity contribution in [3.63, 3.8) is 0 Å². The first-order valence-corrected chi connectivity index (χ1v) is 7.06. The molecular weight excluding hydrogens is 226 g/mol. The molecule has 1 heterocycles. The predicted molar refractivity (Wildman–Crippen MR) is 72.9 cm³/mol. The second-order valence-electron chi connectivity index (χ2n) is 4.75. The number of hydrogen-bond donors (Lipinski definition) is 1. The molecule has 18 heavy (non-hydrogen) atoms. The summed E-state index contributed by atoms with van der Waals surface area (Å²) in [6.45, 7) is 4.75. The van der Waals surface area contributed by atoms with Gasteiger partial charge >= 0.3 is 0 Å². The van der Waals surface area contributed by atoms with Gasteiger partial charge in [0.1, 0.15) is 12.1 Å². The maximum atomic E-state index is 5.46. The molecule has 1 N–H and O–H groups in total. The third-order valence-corrected chi connectivity index (χ3v) is 3.23. The molecule has 2 rings (SSSR count). The van der Waals surface area contributed by atoms with Gasteiger partial charge < -0.3 is 10.1 Å². The molecule has 0 spiro atoms. The minimum atomic E-state index is 0.827. The standard InChI is InChI=1S/C14H23N3O/c1-2-9-18-10-5-8-15-14-12-6-3-4-7-13(12)16-11-17-14/h11H,2-10H2,1H3,(H,15,16,17). The molecule has 0 aromatic carbocycles. The summed E-state index contributed by atoms with van der Waals surface area (Å²) in [5.74, 6) is 1.04. The highest BCUT2D eigenvalue weighted by Crippen LogP contribution is 2.24. The number of ether oxygens (including phenoxy) is 1. The number of nitrogens with zero attached hydrogens (tertiary/aromatic N) is 2. The van der Waals surface area contributed by atoms with Crippen LogP contribution in [0, 0.1) is 0 Å². The third-order valence-electron chi connectivity index (χ3n) is 3.23. The van der Waals surface area contributed by atoms with Crippen LogP contribution < -0.4 is 5.32 Å². The number of aromatic nitrogens is 2. The van der Waals surface area contributed by atoms with E-state index < -0.39 is 0 Å². The minimum absolute atomic E-state index is 0.827. The van der Waals surface area contributed by atoms with Gasteiger partial charge in [-0.25, -0.2) is 9.97 Å². The lowest BCUT2D eigenvalue weighted by Crippen LogP contribution is -2.13. The van der Waals surface area contributed by atoms with Gasteiger partial charge in [0.2, 0.25) is 0 Å². The van der Waals surface area contributed by atoms with Crippen LogP contribution in [0.1, 0.15) is 43.9 Å². The van der Waals surface area contributed by atoms with Gasteiger partial charge in [-0.1, -0.05) is 6.92 Å². The van der Waals surface area contributed by atoms with Crippen LogP contribution in [0.25, 0.3) is 0 Å². The Balaban J connectivity index is 1.79. The zero-order valence-corrected chi connectivity index (χ0v) is 11.2. The van der Waals surface area contributed by atoms with Crippen molar-refractivity contribution in [3.8, 4) is 0 Å². The SMILES string of the molecule is CCCOCCCNc1ncnc2c1CCCC2. The summed E-state index contributed by atoms with van der Waals surface area (Å²) in [5, 5.41) is 3.42. The van der Waals surface area contributed by atoms with Crippen molar-refractivity contribution in [2.24, 2.45) is 0 Å². The Kier molecular flexibility index (Phi) is 5.39. The van der Waals surface area contributed by atoms with E-state index in [1.165, 1.54) is 24.1 Å². The van der Waals surface area contributed by atoms with Crippen LogP contribution in [0.5, 0.6) is 0 Å². The molecule has 1 aromatic rings. The zero-order chi connectivity index (χ0) is 12.6. The summed E-state index contributed by atoms with van der Waals surface area (Å²) in [6.07, 6.45) is 8.53. The first-order chi connectivity index (χ1) is 8.92. The monoisotopic (exact) mass is 249 g/mol. The molecular formula is C14H23N3O. The lowest BCUT2D eigenvalue weighted by atomic mass is 9.96. The summed E-state index contributed by atoms with van der Waals surface area (Å²) in [6, 6.07) is 0. The highest BCUT2D eigenvalue weighted by molar-refractivity contribution is 5.46. The lowest BCUT2D eigenvalue weighted by Gasteiger charge is -2.17. The largest absolute Gasteiger partial charge is 0.381 e. The normalized spacial score (nSPS) is 14.3. The molecule has 0 radical (unpaired) electrons. The average Bonchev–Trinajstić information content (AvgIpc) is 2.43. The Bertz CT molecular complexity index is 368. The zero-order valence-electron chi connectivity index (χ0n) is 11.2. The van der Waals surface area contributed by atoms with Crippen molar-refractivity contribution in [1.82, 2.24) is 9.97 Å².